The molecule has 132 valence electrons. The van der Waals surface area contributed by atoms with Crippen LogP contribution in [-0.4, -0.2) is 22.0 Å². The van der Waals surface area contributed by atoms with Gasteiger partial charge in [0.25, 0.3) is 0 Å². The average Bonchev–Trinajstić information content (AvgIpc) is 3.21. The van der Waals surface area contributed by atoms with Crippen LogP contribution in [0.4, 0.5) is 4.39 Å². The molecule has 0 radical (unpaired) electrons. The van der Waals surface area contributed by atoms with E-state index < -0.39 is 0 Å². The van der Waals surface area contributed by atoms with Crippen molar-refractivity contribution in [2.24, 2.45) is 0 Å². The first kappa shape index (κ1) is 17.2. The van der Waals surface area contributed by atoms with Crippen LogP contribution in [0, 0.1) is 5.82 Å². The first-order valence-corrected chi connectivity index (χ1v) is 9.24. The van der Waals surface area contributed by atoms with Crippen LogP contribution in [0.5, 0.6) is 0 Å². The van der Waals surface area contributed by atoms with Crippen LogP contribution < -0.4 is 5.32 Å². The molecule has 2 unspecified atom stereocenters. The Hall–Kier alpha value is -2.25. The third-order valence-electron chi connectivity index (χ3n) is 4.45. The number of benzene rings is 1. The number of hydrogen-bond acceptors (Lipinski definition) is 3. The third kappa shape index (κ3) is 3.01. The molecule has 2 atom stereocenters. The second-order valence-electron chi connectivity index (χ2n) is 6.06. The van der Waals surface area contributed by atoms with Gasteiger partial charge in [-0.1, -0.05) is 6.07 Å². The lowest BCUT2D eigenvalue weighted by Gasteiger charge is -2.21. The van der Waals surface area contributed by atoms with Crippen LogP contribution >= 0.6 is 28.1 Å². The molecule has 7 heteroatoms. The Kier molecular flexibility index (Phi) is 4.50. The maximum Gasteiger partial charge on any atom is 0.170 e. The molecule has 4 rings (SSSR count). The number of rotatable bonds is 3. The van der Waals surface area contributed by atoms with Gasteiger partial charge in [-0.05, 0) is 70.6 Å². The predicted octanol–water partition coefficient (Wildman–Crippen LogP) is 4.85. The number of hydrogen-bond donors (Lipinski definition) is 1. The summed E-state index contributed by atoms with van der Waals surface area (Å²) in [6, 6.07) is 13.9. The Bertz CT molecular complexity index is 962. The van der Waals surface area contributed by atoms with Gasteiger partial charge in [0, 0.05) is 23.3 Å². The van der Waals surface area contributed by atoms with Crippen molar-refractivity contribution in [3.63, 3.8) is 0 Å². The summed E-state index contributed by atoms with van der Waals surface area (Å²) in [6.07, 6.45) is 1.76. The van der Waals surface area contributed by atoms with Crippen molar-refractivity contribution in [2.45, 2.75) is 12.1 Å². The molecule has 1 fully saturated rings. The van der Waals surface area contributed by atoms with Crippen LogP contribution in [-0.2, 0) is 0 Å². The molecule has 3 heterocycles. The molecule has 3 aromatic rings. The Labute approximate surface area is 164 Å². The molecule has 0 amide bonds. The fourth-order valence-electron chi connectivity index (χ4n) is 3.16. The lowest BCUT2D eigenvalue weighted by atomic mass is 10.0. The van der Waals surface area contributed by atoms with E-state index in [0.717, 1.165) is 17.0 Å². The molecular formula is C19H15BrFN3OS. The molecule has 1 saturated heterocycles. The van der Waals surface area contributed by atoms with Crippen molar-refractivity contribution in [2.75, 3.05) is 7.05 Å². The van der Waals surface area contributed by atoms with Crippen molar-refractivity contribution in [1.29, 1.82) is 0 Å². The number of nitrogens with zero attached hydrogens (tertiary/aromatic N) is 2. The third-order valence-corrected chi connectivity index (χ3v) is 5.52. The average molecular weight is 432 g/mol. The predicted molar refractivity (Wildman–Crippen MR) is 105 cm³/mol. The molecule has 1 aliphatic heterocycles. The lowest BCUT2D eigenvalue weighted by molar-refractivity contribution is 0.310. The van der Waals surface area contributed by atoms with Gasteiger partial charge < -0.3 is 14.6 Å². The summed E-state index contributed by atoms with van der Waals surface area (Å²) in [6.45, 7) is 0. The van der Waals surface area contributed by atoms with E-state index in [-0.39, 0.29) is 17.9 Å². The van der Waals surface area contributed by atoms with Gasteiger partial charge in [0.2, 0.25) is 0 Å². The highest BCUT2D eigenvalue weighted by Crippen LogP contribution is 2.40. The van der Waals surface area contributed by atoms with Crippen molar-refractivity contribution in [3.05, 3.63) is 76.5 Å². The Morgan fingerprint density at radius 3 is 2.81 bits per heavy atom. The van der Waals surface area contributed by atoms with E-state index in [1.807, 2.05) is 42.3 Å². The standard InChI is InChI=1S/C19H15BrFN3OS/c1-24-18(17(23-19(24)26)14-4-2-3-9-22-14)16-8-7-15(25-16)12-6-5-11(21)10-13(12)20/h2-10,17-18H,1H3,(H,23,26). The molecule has 0 aliphatic carbocycles. The van der Waals surface area contributed by atoms with Crippen LogP contribution in [0.15, 0.2) is 63.6 Å². The van der Waals surface area contributed by atoms with E-state index in [0.29, 0.717) is 15.3 Å². The van der Waals surface area contributed by atoms with E-state index in [1.54, 1.807) is 12.3 Å². The van der Waals surface area contributed by atoms with Crippen molar-refractivity contribution < 1.29 is 8.81 Å². The Morgan fingerprint density at radius 1 is 1.23 bits per heavy atom. The van der Waals surface area contributed by atoms with Gasteiger partial charge >= 0.3 is 0 Å². The number of nitrogens with one attached hydrogen (secondary N) is 1. The minimum atomic E-state index is -0.298. The number of aromatic nitrogens is 1. The largest absolute Gasteiger partial charge is 0.459 e. The molecule has 1 aliphatic rings. The summed E-state index contributed by atoms with van der Waals surface area (Å²) in [5.74, 6) is 1.13. The van der Waals surface area contributed by atoms with Gasteiger partial charge in [-0.25, -0.2) is 4.39 Å². The second kappa shape index (κ2) is 6.81. The fraction of sp³-hybridized carbons (Fsp3) is 0.158. The van der Waals surface area contributed by atoms with Gasteiger partial charge in [0.15, 0.2) is 5.11 Å². The summed E-state index contributed by atoms with van der Waals surface area (Å²) >= 11 is 8.82. The second-order valence-corrected chi connectivity index (χ2v) is 7.30. The molecule has 0 saturated carbocycles. The quantitative estimate of drug-likeness (QED) is 0.600. The number of pyridine rings is 1. The van der Waals surface area contributed by atoms with Crippen LogP contribution in [0.25, 0.3) is 11.3 Å². The lowest BCUT2D eigenvalue weighted by Crippen LogP contribution is -2.24. The molecule has 1 aromatic carbocycles. The topological polar surface area (TPSA) is 41.3 Å². The zero-order valence-corrected chi connectivity index (χ0v) is 16.2. The molecular weight excluding hydrogens is 417 g/mol. The molecule has 4 nitrogen and oxygen atoms in total. The zero-order chi connectivity index (χ0) is 18.3. The van der Waals surface area contributed by atoms with Gasteiger partial charge in [0.05, 0.1) is 11.7 Å². The number of furan rings is 1. The summed E-state index contributed by atoms with van der Waals surface area (Å²) in [5, 5.41) is 3.96. The van der Waals surface area contributed by atoms with E-state index in [9.17, 15) is 4.39 Å². The summed E-state index contributed by atoms with van der Waals surface area (Å²) in [5.41, 5.74) is 1.69. The maximum atomic E-state index is 13.4. The van der Waals surface area contributed by atoms with Gasteiger partial charge in [-0.15, -0.1) is 0 Å². The summed E-state index contributed by atoms with van der Waals surface area (Å²) < 4.78 is 20.1. The number of halogens is 2. The summed E-state index contributed by atoms with van der Waals surface area (Å²) in [7, 11) is 1.93. The minimum absolute atomic E-state index is 0.107. The van der Waals surface area contributed by atoms with E-state index in [2.05, 4.69) is 26.2 Å². The van der Waals surface area contributed by atoms with E-state index in [4.69, 9.17) is 16.6 Å². The molecule has 1 N–H and O–H groups in total. The Balaban J connectivity index is 1.72. The van der Waals surface area contributed by atoms with Crippen LogP contribution in [0.3, 0.4) is 0 Å². The number of likely N-dealkylation sites (N-methyl/N-ethyl adjacent to an activating group) is 1. The highest BCUT2D eigenvalue weighted by atomic mass is 79.9. The van der Waals surface area contributed by atoms with Crippen molar-refractivity contribution >= 4 is 33.3 Å². The number of thiocarbonyl (C=S) groups is 1. The van der Waals surface area contributed by atoms with E-state index >= 15 is 0 Å². The molecule has 0 spiro atoms. The van der Waals surface area contributed by atoms with E-state index in [1.165, 1.54) is 12.1 Å². The minimum Gasteiger partial charge on any atom is -0.459 e. The zero-order valence-electron chi connectivity index (χ0n) is 13.8. The smallest absolute Gasteiger partial charge is 0.170 e. The monoisotopic (exact) mass is 431 g/mol. The SMILES string of the molecule is CN1C(=S)NC(c2ccccn2)C1c1ccc(-c2ccc(F)cc2Br)o1. The normalized spacial score (nSPS) is 19.7. The Morgan fingerprint density at radius 2 is 2.08 bits per heavy atom. The highest BCUT2D eigenvalue weighted by molar-refractivity contribution is 9.10. The van der Waals surface area contributed by atoms with Crippen molar-refractivity contribution in [1.82, 2.24) is 15.2 Å². The molecule has 0 bridgehead atoms. The van der Waals surface area contributed by atoms with Gasteiger partial charge in [0.1, 0.15) is 23.4 Å². The first-order chi connectivity index (χ1) is 12.5. The van der Waals surface area contributed by atoms with Gasteiger partial charge in [-0.3, -0.25) is 4.98 Å². The summed E-state index contributed by atoms with van der Waals surface area (Å²) in [4.78, 5) is 6.42. The fourth-order valence-corrected chi connectivity index (χ4v) is 3.95. The van der Waals surface area contributed by atoms with Gasteiger partial charge in [-0.2, -0.15) is 0 Å². The van der Waals surface area contributed by atoms with Crippen LogP contribution in [0.1, 0.15) is 23.5 Å². The molecule has 2 aromatic heterocycles. The first-order valence-electron chi connectivity index (χ1n) is 8.04. The van der Waals surface area contributed by atoms with Crippen LogP contribution in [0.2, 0.25) is 0 Å². The molecule has 26 heavy (non-hydrogen) atoms. The maximum absolute atomic E-state index is 13.4. The highest BCUT2D eigenvalue weighted by Gasteiger charge is 2.39. The van der Waals surface area contributed by atoms with Crippen molar-refractivity contribution in [3.8, 4) is 11.3 Å².